The van der Waals surface area contributed by atoms with E-state index in [4.69, 9.17) is 0 Å². The molecule has 0 unspecified atom stereocenters. The lowest BCUT2D eigenvalue weighted by Gasteiger charge is -2.10. The van der Waals surface area contributed by atoms with E-state index in [9.17, 15) is 4.79 Å². The monoisotopic (exact) mass is 374 g/mol. The maximum atomic E-state index is 12.3. The van der Waals surface area contributed by atoms with Crippen molar-refractivity contribution >= 4 is 49.6 Å². The van der Waals surface area contributed by atoms with Crippen molar-refractivity contribution in [1.29, 1.82) is 0 Å². The Kier molecular flexibility index (Phi) is 4.80. The number of hydrazone groups is 1. The van der Waals surface area contributed by atoms with Crippen LogP contribution in [-0.4, -0.2) is 23.1 Å². The van der Waals surface area contributed by atoms with Gasteiger partial charge in [0.1, 0.15) is 6.04 Å². The summed E-state index contributed by atoms with van der Waals surface area (Å²) in [6, 6.07) is 21.5. The Morgan fingerprint density at radius 2 is 1.85 bits per heavy atom. The molecule has 0 spiro atoms. The van der Waals surface area contributed by atoms with E-state index in [0.717, 1.165) is 31.7 Å². The van der Waals surface area contributed by atoms with Gasteiger partial charge in [-0.2, -0.15) is 5.10 Å². The van der Waals surface area contributed by atoms with Gasteiger partial charge in [-0.1, -0.05) is 65.9 Å². The average Bonchev–Trinajstić information content (AvgIpc) is 3.10. The molecule has 6 heteroatoms. The van der Waals surface area contributed by atoms with Gasteiger partial charge in [0.05, 0.1) is 16.4 Å². The first-order valence-electron chi connectivity index (χ1n) is 8.63. The molecule has 2 N–H and O–H groups in total. The lowest BCUT2D eigenvalue weighted by Crippen LogP contribution is -2.34. The third kappa shape index (κ3) is 3.80. The standard InChI is InChI=1S/C21H18N4OS/c1-14(23-21-24-18-11-4-5-12-19(18)27-21)20(26)25-22-13-16-9-6-8-15-7-2-3-10-17(15)16/h2-14H,1H3,(H,23,24)(H,25,26)/b22-13-/t14-/m0/s1. The number of thiazole rings is 1. The molecule has 27 heavy (non-hydrogen) atoms. The molecule has 1 atom stereocenters. The van der Waals surface area contributed by atoms with Crippen molar-refractivity contribution in [2.75, 3.05) is 5.32 Å². The molecule has 5 nitrogen and oxygen atoms in total. The molecule has 0 aliphatic carbocycles. The highest BCUT2D eigenvalue weighted by molar-refractivity contribution is 7.22. The summed E-state index contributed by atoms with van der Waals surface area (Å²) in [5.41, 5.74) is 4.48. The highest BCUT2D eigenvalue weighted by Crippen LogP contribution is 2.25. The summed E-state index contributed by atoms with van der Waals surface area (Å²) in [6.07, 6.45) is 1.67. The van der Waals surface area contributed by atoms with Gasteiger partial charge >= 0.3 is 0 Å². The minimum absolute atomic E-state index is 0.217. The van der Waals surface area contributed by atoms with E-state index in [1.807, 2.05) is 54.6 Å². The van der Waals surface area contributed by atoms with Gasteiger partial charge in [0.2, 0.25) is 0 Å². The van der Waals surface area contributed by atoms with Crippen molar-refractivity contribution in [3.8, 4) is 0 Å². The molecular weight excluding hydrogens is 356 g/mol. The number of benzene rings is 3. The first kappa shape index (κ1) is 17.2. The van der Waals surface area contributed by atoms with Gasteiger partial charge in [0.15, 0.2) is 5.13 Å². The van der Waals surface area contributed by atoms with Gasteiger partial charge in [0.25, 0.3) is 5.91 Å². The van der Waals surface area contributed by atoms with Crippen molar-refractivity contribution in [2.24, 2.45) is 5.10 Å². The Morgan fingerprint density at radius 1 is 1.07 bits per heavy atom. The van der Waals surface area contributed by atoms with Crippen molar-refractivity contribution in [2.45, 2.75) is 13.0 Å². The van der Waals surface area contributed by atoms with Gasteiger partial charge in [-0.05, 0) is 29.8 Å². The number of amides is 1. The smallest absolute Gasteiger partial charge is 0.262 e. The number of carbonyl (C=O) groups is 1. The van der Waals surface area contributed by atoms with Crippen molar-refractivity contribution in [3.05, 3.63) is 72.3 Å². The van der Waals surface area contributed by atoms with Crippen molar-refractivity contribution in [1.82, 2.24) is 10.4 Å². The molecule has 1 heterocycles. The second-order valence-corrected chi connectivity index (χ2v) is 7.19. The fourth-order valence-electron chi connectivity index (χ4n) is 2.81. The Hall–Kier alpha value is -3.25. The molecule has 0 aliphatic rings. The van der Waals surface area contributed by atoms with Crippen LogP contribution in [0.1, 0.15) is 12.5 Å². The molecule has 1 aromatic heterocycles. The molecule has 0 saturated heterocycles. The fraction of sp³-hybridized carbons (Fsp3) is 0.0952. The lowest BCUT2D eigenvalue weighted by atomic mass is 10.1. The molecule has 3 aromatic carbocycles. The van der Waals surface area contributed by atoms with Crippen LogP contribution in [0, 0.1) is 0 Å². The van der Waals surface area contributed by atoms with Crippen LogP contribution in [-0.2, 0) is 4.79 Å². The minimum atomic E-state index is -0.449. The summed E-state index contributed by atoms with van der Waals surface area (Å²) < 4.78 is 1.08. The van der Waals surface area contributed by atoms with E-state index in [1.54, 1.807) is 13.1 Å². The van der Waals surface area contributed by atoms with E-state index in [-0.39, 0.29) is 5.91 Å². The normalized spacial score (nSPS) is 12.5. The summed E-state index contributed by atoms with van der Waals surface area (Å²) in [6.45, 7) is 1.79. The van der Waals surface area contributed by atoms with E-state index >= 15 is 0 Å². The zero-order chi connectivity index (χ0) is 18.6. The molecule has 4 aromatic rings. The number of nitrogens with one attached hydrogen (secondary N) is 2. The van der Waals surface area contributed by atoms with Crippen LogP contribution in [0.4, 0.5) is 5.13 Å². The zero-order valence-electron chi connectivity index (χ0n) is 14.7. The Morgan fingerprint density at radius 3 is 2.74 bits per heavy atom. The molecule has 0 saturated carbocycles. The van der Waals surface area contributed by atoms with E-state index in [2.05, 4.69) is 33.0 Å². The first-order chi connectivity index (χ1) is 13.2. The minimum Gasteiger partial charge on any atom is -0.350 e. The Labute approximate surface area is 160 Å². The molecule has 0 bridgehead atoms. The number of hydrogen-bond acceptors (Lipinski definition) is 5. The van der Waals surface area contributed by atoms with Crippen LogP contribution in [0.25, 0.3) is 21.0 Å². The van der Waals surface area contributed by atoms with Crippen LogP contribution >= 0.6 is 11.3 Å². The summed E-state index contributed by atoms with van der Waals surface area (Å²) in [5, 5.41) is 10.2. The summed E-state index contributed by atoms with van der Waals surface area (Å²) in [5.74, 6) is -0.217. The van der Waals surface area contributed by atoms with E-state index in [0.29, 0.717) is 0 Å². The first-order valence-corrected chi connectivity index (χ1v) is 9.45. The lowest BCUT2D eigenvalue weighted by molar-refractivity contribution is -0.121. The quantitative estimate of drug-likeness (QED) is 0.402. The third-order valence-electron chi connectivity index (χ3n) is 4.23. The second kappa shape index (κ2) is 7.55. The number of aromatic nitrogens is 1. The van der Waals surface area contributed by atoms with Crippen molar-refractivity contribution < 1.29 is 4.79 Å². The van der Waals surface area contributed by atoms with Crippen LogP contribution < -0.4 is 10.7 Å². The number of rotatable bonds is 5. The predicted molar refractivity (Wildman–Crippen MR) is 112 cm³/mol. The van der Waals surface area contributed by atoms with Crippen LogP contribution in [0.5, 0.6) is 0 Å². The topological polar surface area (TPSA) is 66.4 Å². The average molecular weight is 374 g/mol. The van der Waals surface area contributed by atoms with Gasteiger partial charge in [-0.15, -0.1) is 0 Å². The molecule has 0 aliphatic heterocycles. The summed E-state index contributed by atoms with van der Waals surface area (Å²) >= 11 is 1.52. The van der Waals surface area contributed by atoms with Crippen LogP contribution in [0.15, 0.2) is 71.8 Å². The molecule has 0 radical (unpaired) electrons. The maximum Gasteiger partial charge on any atom is 0.262 e. The zero-order valence-corrected chi connectivity index (χ0v) is 15.5. The number of anilines is 1. The largest absolute Gasteiger partial charge is 0.350 e. The highest BCUT2D eigenvalue weighted by atomic mass is 32.1. The molecule has 134 valence electrons. The molecule has 4 rings (SSSR count). The highest BCUT2D eigenvalue weighted by Gasteiger charge is 2.14. The maximum absolute atomic E-state index is 12.3. The van der Waals surface area contributed by atoms with Gasteiger partial charge in [0, 0.05) is 5.56 Å². The summed E-state index contributed by atoms with van der Waals surface area (Å²) in [7, 11) is 0. The number of hydrogen-bond donors (Lipinski definition) is 2. The van der Waals surface area contributed by atoms with E-state index in [1.165, 1.54) is 11.3 Å². The number of para-hydroxylation sites is 1. The van der Waals surface area contributed by atoms with Gasteiger partial charge in [-0.3, -0.25) is 4.79 Å². The second-order valence-electron chi connectivity index (χ2n) is 6.16. The van der Waals surface area contributed by atoms with Gasteiger partial charge in [-0.25, -0.2) is 10.4 Å². The molecule has 1 amide bonds. The predicted octanol–water partition coefficient (Wildman–Crippen LogP) is 4.40. The molecule has 0 fully saturated rings. The van der Waals surface area contributed by atoms with Crippen LogP contribution in [0.3, 0.4) is 0 Å². The fourth-order valence-corrected chi connectivity index (χ4v) is 3.76. The SMILES string of the molecule is C[C@H](Nc1nc2ccccc2s1)C(=O)N/N=C\c1cccc2ccccc12. The Bertz CT molecular complexity index is 1100. The number of carbonyl (C=O) groups excluding carboxylic acids is 1. The number of fused-ring (bicyclic) bond motifs is 2. The molecular formula is C21H18N4OS. The van der Waals surface area contributed by atoms with E-state index < -0.39 is 6.04 Å². The van der Waals surface area contributed by atoms with Gasteiger partial charge < -0.3 is 5.32 Å². The van der Waals surface area contributed by atoms with Crippen molar-refractivity contribution in [3.63, 3.8) is 0 Å². The third-order valence-corrected chi connectivity index (χ3v) is 5.20. The summed E-state index contributed by atoms with van der Waals surface area (Å²) in [4.78, 5) is 16.8. The van der Waals surface area contributed by atoms with Crippen LogP contribution in [0.2, 0.25) is 0 Å². The Balaban J connectivity index is 1.41. The number of nitrogens with zero attached hydrogens (tertiary/aromatic N) is 2.